The molecule has 0 aromatic heterocycles. The lowest BCUT2D eigenvalue weighted by molar-refractivity contribution is -0.385. The van der Waals surface area contributed by atoms with E-state index in [4.69, 9.17) is 5.73 Å². The van der Waals surface area contributed by atoms with E-state index in [1.807, 2.05) is 0 Å². The van der Waals surface area contributed by atoms with E-state index >= 15 is 0 Å². The van der Waals surface area contributed by atoms with Gasteiger partial charge in [0.1, 0.15) is 5.75 Å². The van der Waals surface area contributed by atoms with Gasteiger partial charge >= 0.3 is 5.69 Å². The summed E-state index contributed by atoms with van der Waals surface area (Å²) < 4.78 is 0. The highest BCUT2D eigenvalue weighted by molar-refractivity contribution is 5.99. The van der Waals surface area contributed by atoms with E-state index in [0.29, 0.717) is 0 Å². The fourth-order valence-corrected chi connectivity index (χ4v) is 1.76. The van der Waals surface area contributed by atoms with E-state index in [9.17, 15) is 25.1 Å². The standard InChI is InChI=1S/C14H12N4O5/c15-10-4-2-1-3-9(10)14(21)17-16-7-8-5-11(18(22)23)13(20)6-12(8)19/h1-7,19-20H,15H2,(H,17,21). The Bertz CT molecular complexity index is 804. The average Bonchev–Trinajstić information content (AvgIpc) is 2.49. The number of hydrogen-bond donors (Lipinski definition) is 4. The number of nitrogens with one attached hydrogen (secondary N) is 1. The number of hydrazone groups is 1. The Hall–Kier alpha value is -3.62. The lowest BCUT2D eigenvalue weighted by atomic mass is 10.2. The van der Waals surface area contributed by atoms with Crippen LogP contribution in [0.3, 0.4) is 0 Å². The monoisotopic (exact) mass is 316 g/mol. The summed E-state index contributed by atoms with van der Waals surface area (Å²) in [6, 6.07) is 8.09. The van der Waals surface area contributed by atoms with E-state index < -0.39 is 28.0 Å². The van der Waals surface area contributed by atoms with Crippen molar-refractivity contribution in [1.29, 1.82) is 0 Å². The van der Waals surface area contributed by atoms with Crippen molar-refractivity contribution in [2.75, 3.05) is 5.73 Å². The number of carbonyl (C=O) groups excluding carboxylic acids is 1. The predicted octanol–water partition coefficient (Wildman–Crippen LogP) is 1.35. The van der Waals surface area contributed by atoms with Crippen molar-refractivity contribution in [2.24, 2.45) is 5.10 Å². The second-order valence-electron chi connectivity index (χ2n) is 4.44. The summed E-state index contributed by atoms with van der Waals surface area (Å²) in [5.41, 5.74) is 7.67. The highest BCUT2D eigenvalue weighted by Gasteiger charge is 2.16. The number of nitro groups is 1. The molecule has 2 rings (SSSR count). The molecule has 0 saturated carbocycles. The summed E-state index contributed by atoms with van der Waals surface area (Å²) in [7, 11) is 0. The molecule has 23 heavy (non-hydrogen) atoms. The van der Waals surface area contributed by atoms with Crippen LogP contribution in [-0.4, -0.2) is 27.3 Å². The van der Waals surface area contributed by atoms with E-state index in [1.165, 1.54) is 6.07 Å². The topological polar surface area (TPSA) is 151 Å². The van der Waals surface area contributed by atoms with Crippen LogP contribution in [0.5, 0.6) is 11.5 Å². The summed E-state index contributed by atoms with van der Waals surface area (Å²) in [5.74, 6) is -1.68. The zero-order chi connectivity index (χ0) is 17.0. The second kappa shape index (κ2) is 6.43. The number of benzene rings is 2. The molecular formula is C14H12N4O5. The molecule has 0 radical (unpaired) electrons. The fourth-order valence-electron chi connectivity index (χ4n) is 1.76. The van der Waals surface area contributed by atoms with Gasteiger partial charge in [0.25, 0.3) is 5.91 Å². The van der Waals surface area contributed by atoms with Crippen LogP contribution in [0, 0.1) is 10.1 Å². The second-order valence-corrected chi connectivity index (χ2v) is 4.44. The zero-order valence-electron chi connectivity index (χ0n) is 11.6. The van der Waals surface area contributed by atoms with Gasteiger partial charge in [0.15, 0.2) is 5.75 Å². The SMILES string of the molecule is Nc1ccccc1C(=O)NN=Cc1cc([N+](=O)[O-])c(O)cc1O. The first kappa shape index (κ1) is 15.8. The molecule has 0 saturated heterocycles. The summed E-state index contributed by atoms with van der Waals surface area (Å²) in [5, 5.41) is 33.3. The largest absolute Gasteiger partial charge is 0.507 e. The van der Waals surface area contributed by atoms with Crippen molar-refractivity contribution < 1.29 is 19.9 Å². The number of nitrogens with two attached hydrogens (primary N) is 1. The van der Waals surface area contributed by atoms with Crippen molar-refractivity contribution in [3.8, 4) is 11.5 Å². The predicted molar refractivity (Wildman–Crippen MR) is 82.3 cm³/mol. The summed E-state index contributed by atoms with van der Waals surface area (Å²) in [6.45, 7) is 0. The molecule has 0 aliphatic carbocycles. The lowest BCUT2D eigenvalue weighted by Gasteiger charge is -2.04. The van der Waals surface area contributed by atoms with Gasteiger partial charge in [-0.25, -0.2) is 5.43 Å². The van der Waals surface area contributed by atoms with Crippen LogP contribution in [0.1, 0.15) is 15.9 Å². The maximum Gasteiger partial charge on any atom is 0.311 e. The molecular weight excluding hydrogens is 304 g/mol. The summed E-state index contributed by atoms with van der Waals surface area (Å²) in [6.07, 6.45) is 1.01. The van der Waals surface area contributed by atoms with E-state index in [0.717, 1.165) is 18.3 Å². The molecule has 1 amide bonds. The van der Waals surface area contributed by atoms with Gasteiger partial charge in [0.2, 0.25) is 0 Å². The maximum absolute atomic E-state index is 11.9. The van der Waals surface area contributed by atoms with Gasteiger partial charge in [-0.2, -0.15) is 5.10 Å². The number of amides is 1. The van der Waals surface area contributed by atoms with Gasteiger partial charge in [-0.3, -0.25) is 14.9 Å². The van der Waals surface area contributed by atoms with Crippen LogP contribution in [0.25, 0.3) is 0 Å². The number of phenolic OH excluding ortho intramolecular Hbond substituents is 2. The van der Waals surface area contributed by atoms with Gasteiger partial charge in [-0.15, -0.1) is 0 Å². The Balaban J connectivity index is 2.18. The number of hydrogen-bond acceptors (Lipinski definition) is 7. The van der Waals surface area contributed by atoms with Crippen LogP contribution in [0.2, 0.25) is 0 Å². The number of carbonyl (C=O) groups is 1. The minimum absolute atomic E-state index is 0.0455. The fraction of sp³-hybridized carbons (Fsp3) is 0. The molecule has 0 heterocycles. The molecule has 0 bridgehead atoms. The van der Waals surface area contributed by atoms with Gasteiger partial charge in [-0.1, -0.05) is 12.1 Å². The van der Waals surface area contributed by atoms with Crippen LogP contribution >= 0.6 is 0 Å². The van der Waals surface area contributed by atoms with Crippen LogP contribution in [0.4, 0.5) is 11.4 Å². The number of nitrogens with zero attached hydrogens (tertiary/aromatic N) is 2. The van der Waals surface area contributed by atoms with Gasteiger partial charge in [-0.05, 0) is 12.1 Å². The highest BCUT2D eigenvalue weighted by atomic mass is 16.6. The molecule has 9 heteroatoms. The van der Waals surface area contributed by atoms with E-state index in [1.54, 1.807) is 18.2 Å². The third-order valence-electron chi connectivity index (χ3n) is 2.90. The number of nitrogen functional groups attached to an aromatic ring is 1. The Labute approximate surface area is 129 Å². The third kappa shape index (κ3) is 3.53. The Morgan fingerprint density at radius 1 is 1.26 bits per heavy atom. The van der Waals surface area contributed by atoms with Gasteiger partial charge < -0.3 is 15.9 Å². The van der Waals surface area contributed by atoms with Crippen molar-refractivity contribution in [1.82, 2.24) is 5.43 Å². The zero-order valence-corrected chi connectivity index (χ0v) is 11.6. The molecule has 0 spiro atoms. The van der Waals surface area contributed by atoms with Crippen molar-refractivity contribution >= 4 is 23.5 Å². The maximum atomic E-state index is 11.9. The number of rotatable bonds is 4. The van der Waals surface area contributed by atoms with Crippen LogP contribution < -0.4 is 11.2 Å². The summed E-state index contributed by atoms with van der Waals surface area (Å²) in [4.78, 5) is 21.8. The first-order chi connectivity index (χ1) is 10.9. The molecule has 0 atom stereocenters. The third-order valence-corrected chi connectivity index (χ3v) is 2.90. The minimum Gasteiger partial charge on any atom is -0.507 e. The Morgan fingerprint density at radius 3 is 2.61 bits per heavy atom. The smallest absolute Gasteiger partial charge is 0.311 e. The van der Waals surface area contributed by atoms with Crippen molar-refractivity contribution in [3.05, 3.63) is 57.6 Å². The van der Waals surface area contributed by atoms with Crippen LogP contribution in [0.15, 0.2) is 41.5 Å². The van der Waals surface area contributed by atoms with Crippen molar-refractivity contribution in [2.45, 2.75) is 0 Å². The number of aromatic hydroxyl groups is 2. The molecule has 118 valence electrons. The van der Waals surface area contributed by atoms with Gasteiger partial charge in [0.05, 0.1) is 16.7 Å². The quantitative estimate of drug-likeness (QED) is 0.289. The molecule has 2 aromatic carbocycles. The Morgan fingerprint density at radius 2 is 1.96 bits per heavy atom. The highest BCUT2D eigenvalue weighted by Crippen LogP contribution is 2.31. The molecule has 0 aliphatic rings. The van der Waals surface area contributed by atoms with Crippen molar-refractivity contribution in [3.63, 3.8) is 0 Å². The average molecular weight is 316 g/mol. The normalized spacial score (nSPS) is 10.6. The molecule has 2 aromatic rings. The number of anilines is 1. The molecule has 5 N–H and O–H groups in total. The van der Waals surface area contributed by atoms with Crippen LogP contribution in [-0.2, 0) is 0 Å². The first-order valence-electron chi connectivity index (χ1n) is 6.28. The Kier molecular flexibility index (Phi) is 4.41. The minimum atomic E-state index is -0.810. The first-order valence-corrected chi connectivity index (χ1v) is 6.28. The summed E-state index contributed by atoms with van der Waals surface area (Å²) >= 11 is 0. The lowest BCUT2D eigenvalue weighted by Crippen LogP contribution is -2.19. The van der Waals surface area contributed by atoms with Gasteiger partial charge in [0, 0.05) is 23.4 Å². The molecule has 0 unspecified atom stereocenters. The van der Waals surface area contributed by atoms with E-state index in [2.05, 4.69) is 10.5 Å². The number of nitro benzene ring substituents is 1. The van der Waals surface area contributed by atoms with E-state index in [-0.39, 0.29) is 16.8 Å². The molecule has 0 fully saturated rings. The number of phenols is 2. The molecule has 0 aliphatic heterocycles. The molecule has 9 nitrogen and oxygen atoms in total. The number of para-hydroxylation sites is 1.